The maximum atomic E-state index is 5.89. The molecule has 0 spiro atoms. The molecule has 120 valence electrons. The molecule has 0 atom stereocenters. The second kappa shape index (κ2) is 5.98. The van der Waals surface area contributed by atoms with Crippen LogP contribution in [0.1, 0.15) is 12.7 Å². The van der Waals surface area contributed by atoms with Crippen LogP contribution in [0.25, 0.3) is 21.2 Å². The van der Waals surface area contributed by atoms with Crippen LogP contribution in [0.4, 0.5) is 5.13 Å². The van der Waals surface area contributed by atoms with Gasteiger partial charge < -0.3 is 9.15 Å². The number of rotatable bonds is 4. The number of hydrogen-bond acceptors (Lipinski definition) is 6. The van der Waals surface area contributed by atoms with E-state index in [9.17, 15) is 0 Å². The number of aromatic nitrogens is 1. The number of fused-ring (bicyclic) bond motifs is 2. The van der Waals surface area contributed by atoms with Gasteiger partial charge in [-0.2, -0.15) is 5.10 Å². The van der Waals surface area contributed by atoms with E-state index in [1.165, 1.54) is 0 Å². The summed E-state index contributed by atoms with van der Waals surface area (Å²) in [5.74, 6) is 1.41. The lowest BCUT2D eigenvalue weighted by Crippen LogP contribution is -1.97. The molecule has 5 nitrogen and oxygen atoms in total. The van der Waals surface area contributed by atoms with Gasteiger partial charge in [0.1, 0.15) is 5.71 Å². The topological polar surface area (TPSA) is 59.6 Å². The zero-order chi connectivity index (χ0) is 16.5. The Kier molecular flexibility index (Phi) is 3.66. The fourth-order valence-corrected chi connectivity index (χ4v) is 3.29. The van der Waals surface area contributed by atoms with E-state index in [1.54, 1.807) is 18.4 Å². The number of hydrogen-bond donors (Lipinski definition) is 1. The van der Waals surface area contributed by atoms with Gasteiger partial charge in [-0.1, -0.05) is 35.6 Å². The molecule has 4 rings (SSSR count). The monoisotopic (exact) mass is 337 g/mol. The van der Waals surface area contributed by atoms with Crippen molar-refractivity contribution < 1.29 is 9.15 Å². The zero-order valence-electron chi connectivity index (χ0n) is 13.2. The van der Waals surface area contributed by atoms with Crippen molar-refractivity contribution >= 4 is 43.4 Å². The van der Waals surface area contributed by atoms with E-state index in [-0.39, 0.29) is 0 Å². The highest BCUT2D eigenvalue weighted by atomic mass is 32.1. The van der Waals surface area contributed by atoms with E-state index < -0.39 is 0 Å². The van der Waals surface area contributed by atoms with E-state index in [0.29, 0.717) is 11.5 Å². The molecule has 0 aliphatic rings. The summed E-state index contributed by atoms with van der Waals surface area (Å²) in [6.07, 6.45) is 0. The van der Waals surface area contributed by atoms with Crippen LogP contribution in [0.15, 0.2) is 58.0 Å². The molecule has 0 saturated carbocycles. The molecule has 24 heavy (non-hydrogen) atoms. The molecule has 2 aromatic carbocycles. The molecule has 0 aliphatic carbocycles. The van der Waals surface area contributed by atoms with Crippen LogP contribution < -0.4 is 10.2 Å². The van der Waals surface area contributed by atoms with Gasteiger partial charge in [0, 0.05) is 5.39 Å². The van der Waals surface area contributed by atoms with E-state index in [0.717, 1.165) is 32.0 Å². The third kappa shape index (κ3) is 2.61. The minimum atomic E-state index is 0.697. The van der Waals surface area contributed by atoms with Crippen molar-refractivity contribution in [2.45, 2.75) is 6.92 Å². The number of nitrogens with one attached hydrogen (secondary N) is 1. The highest BCUT2D eigenvalue weighted by Gasteiger charge is 2.11. The van der Waals surface area contributed by atoms with Crippen molar-refractivity contribution in [2.75, 3.05) is 12.5 Å². The molecule has 6 heteroatoms. The normalized spacial score (nSPS) is 12.0. The molecule has 0 radical (unpaired) electrons. The van der Waals surface area contributed by atoms with E-state index in [2.05, 4.69) is 15.5 Å². The van der Waals surface area contributed by atoms with Gasteiger partial charge in [0.15, 0.2) is 17.1 Å². The number of anilines is 1. The SMILES string of the molecule is COc1cccc2cc(/C(C)=N\Nc3nc4ccccc4s3)oc12. The molecule has 0 fully saturated rings. The van der Waals surface area contributed by atoms with Crippen molar-refractivity contribution in [2.24, 2.45) is 5.10 Å². The summed E-state index contributed by atoms with van der Waals surface area (Å²) in [5.41, 5.74) is 5.44. The fourth-order valence-electron chi connectivity index (χ4n) is 2.48. The molecule has 4 aromatic rings. The Morgan fingerprint density at radius 1 is 1.21 bits per heavy atom. The number of furan rings is 1. The number of para-hydroxylation sites is 2. The molecular weight excluding hydrogens is 322 g/mol. The summed E-state index contributed by atoms with van der Waals surface area (Å²) in [6, 6.07) is 15.8. The summed E-state index contributed by atoms with van der Waals surface area (Å²) in [5, 5.41) is 6.13. The maximum absolute atomic E-state index is 5.89. The van der Waals surface area contributed by atoms with Crippen LogP contribution in [-0.2, 0) is 0 Å². The third-order valence-corrected chi connectivity index (χ3v) is 4.64. The van der Waals surface area contributed by atoms with E-state index in [1.807, 2.05) is 55.5 Å². The lowest BCUT2D eigenvalue weighted by atomic mass is 10.2. The smallest absolute Gasteiger partial charge is 0.204 e. The van der Waals surface area contributed by atoms with Crippen molar-refractivity contribution in [3.63, 3.8) is 0 Å². The second-order valence-corrected chi connectivity index (χ2v) is 6.32. The van der Waals surface area contributed by atoms with Crippen molar-refractivity contribution in [3.8, 4) is 5.75 Å². The van der Waals surface area contributed by atoms with Crippen LogP contribution in [0, 0.1) is 0 Å². The first kappa shape index (κ1) is 14.7. The fraction of sp³-hybridized carbons (Fsp3) is 0.111. The summed E-state index contributed by atoms with van der Waals surface area (Å²) < 4.78 is 12.3. The second-order valence-electron chi connectivity index (χ2n) is 5.29. The Bertz CT molecular complexity index is 1020. The predicted molar refractivity (Wildman–Crippen MR) is 98.2 cm³/mol. The number of nitrogens with zero attached hydrogens (tertiary/aromatic N) is 2. The Balaban J connectivity index is 1.62. The van der Waals surface area contributed by atoms with Gasteiger partial charge in [0.2, 0.25) is 5.13 Å². The molecule has 2 heterocycles. The van der Waals surface area contributed by atoms with Gasteiger partial charge in [-0.05, 0) is 31.2 Å². The van der Waals surface area contributed by atoms with E-state index in [4.69, 9.17) is 9.15 Å². The van der Waals surface area contributed by atoms with Gasteiger partial charge in [0.25, 0.3) is 0 Å². The lowest BCUT2D eigenvalue weighted by Gasteiger charge is -1.99. The maximum Gasteiger partial charge on any atom is 0.204 e. The minimum Gasteiger partial charge on any atom is -0.493 e. The minimum absolute atomic E-state index is 0.697. The van der Waals surface area contributed by atoms with Gasteiger partial charge in [-0.25, -0.2) is 4.98 Å². The Hall–Kier alpha value is -2.86. The highest BCUT2D eigenvalue weighted by molar-refractivity contribution is 7.22. The summed E-state index contributed by atoms with van der Waals surface area (Å²) in [4.78, 5) is 4.50. The molecule has 0 amide bonds. The molecule has 0 saturated heterocycles. The quantitative estimate of drug-likeness (QED) is 0.425. The average Bonchev–Trinajstić information content (AvgIpc) is 3.22. The van der Waals surface area contributed by atoms with Crippen molar-refractivity contribution in [3.05, 3.63) is 54.3 Å². The number of benzene rings is 2. The van der Waals surface area contributed by atoms with Crippen molar-refractivity contribution in [1.82, 2.24) is 4.98 Å². The van der Waals surface area contributed by atoms with Crippen LogP contribution in [0.2, 0.25) is 0 Å². The van der Waals surface area contributed by atoms with Gasteiger partial charge in [-0.15, -0.1) is 0 Å². The first-order valence-electron chi connectivity index (χ1n) is 7.47. The number of hydrazone groups is 1. The molecule has 1 N–H and O–H groups in total. The van der Waals surface area contributed by atoms with Crippen LogP contribution in [0.5, 0.6) is 5.75 Å². The summed E-state index contributed by atoms with van der Waals surface area (Å²) in [7, 11) is 1.63. The molecule has 0 bridgehead atoms. The summed E-state index contributed by atoms with van der Waals surface area (Å²) in [6.45, 7) is 1.89. The average molecular weight is 337 g/mol. The van der Waals surface area contributed by atoms with Crippen LogP contribution >= 0.6 is 11.3 Å². The number of ether oxygens (including phenoxy) is 1. The summed E-state index contributed by atoms with van der Waals surface area (Å²) >= 11 is 1.57. The van der Waals surface area contributed by atoms with Crippen molar-refractivity contribution in [1.29, 1.82) is 0 Å². The lowest BCUT2D eigenvalue weighted by molar-refractivity contribution is 0.410. The van der Waals surface area contributed by atoms with Gasteiger partial charge in [0.05, 0.1) is 17.3 Å². The van der Waals surface area contributed by atoms with Crippen LogP contribution in [0.3, 0.4) is 0 Å². The third-order valence-electron chi connectivity index (χ3n) is 3.70. The largest absolute Gasteiger partial charge is 0.493 e. The highest BCUT2D eigenvalue weighted by Crippen LogP contribution is 2.29. The molecule has 0 aliphatic heterocycles. The predicted octanol–water partition coefficient (Wildman–Crippen LogP) is 4.89. The number of thiazole rings is 1. The first-order valence-corrected chi connectivity index (χ1v) is 8.29. The zero-order valence-corrected chi connectivity index (χ0v) is 14.1. The Morgan fingerprint density at radius 2 is 2.08 bits per heavy atom. The standard InChI is InChI=1S/C18H15N3O2S/c1-11(15-10-12-6-5-8-14(22-2)17(12)23-15)20-21-18-19-13-7-3-4-9-16(13)24-18/h3-10H,1-2H3,(H,19,21)/b20-11-. The van der Waals surface area contributed by atoms with Crippen LogP contribution in [-0.4, -0.2) is 17.8 Å². The molecule has 2 aromatic heterocycles. The number of methoxy groups -OCH3 is 1. The Labute approximate surface area is 142 Å². The van der Waals surface area contributed by atoms with Gasteiger partial charge in [-0.3, -0.25) is 5.43 Å². The Morgan fingerprint density at radius 3 is 2.92 bits per heavy atom. The first-order chi connectivity index (χ1) is 11.7. The molecule has 0 unspecified atom stereocenters. The molecular formula is C18H15N3O2S. The van der Waals surface area contributed by atoms with Gasteiger partial charge >= 0.3 is 0 Å². The van der Waals surface area contributed by atoms with E-state index >= 15 is 0 Å².